The first kappa shape index (κ1) is 18.6. The molecule has 0 fully saturated rings. The molecule has 0 spiro atoms. The Morgan fingerprint density at radius 3 is 2.33 bits per heavy atom. The van der Waals surface area contributed by atoms with Gasteiger partial charge in [0, 0.05) is 11.6 Å². The molecular weight excluding hydrogens is 344 g/mol. The van der Waals surface area contributed by atoms with Crippen molar-refractivity contribution in [3.8, 4) is 5.75 Å². The fraction of sp³-hybridized carbons (Fsp3) is 0.286. The van der Waals surface area contributed by atoms with Gasteiger partial charge >= 0.3 is 5.97 Å². The summed E-state index contributed by atoms with van der Waals surface area (Å²) >= 11 is 0. The molecule has 0 radical (unpaired) electrons. The molecule has 1 unspecified atom stereocenters. The van der Waals surface area contributed by atoms with E-state index in [2.05, 4.69) is 4.98 Å². The molecule has 1 atom stereocenters. The molecule has 3 aromatic rings. The van der Waals surface area contributed by atoms with Crippen LogP contribution in [0.15, 0.2) is 41.3 Å². The topological polar surface area (TPSA) is 70.4 Å². The van der Waals surface area contributed by atoms with Gasteiger partial charge in [0.1, 0.15) is 5.75 Å². The Balaban J connectivity index is 2.20. The standard InChI is InChI=1S/C21H22N2O4/c1-12-18-17(19(13(2)22-12)21(25)27-5)10-11-23(20(18)24)14(3)15-6-8-16(26-4)9-7-15/h6-11,14H,1-5H3. The molecule has 0 aliphatic heterocycles. The number of carbonyl (C=O) groups excluding carboxylic acids is 1. The number of benzene rings is 1. The monoisotopic (exact) mass is 366 g/mol. The summed E-state index contributed by atoms with van der Waals surface area (Å²) in [5.74, 6) is 0.264. The minimum atomic E-state index is -0.495. The van der Waals surface area contributed by atoms with E-state index in [-0.39, 0.29) is 11.6 Å². The Bertz CT molecular complexity index is 1070. The van der Waals surface area contributed by atoms with Gasteiger partial charge < -0.3 is 14.0 Å². The van der Waals surface area contributed by atoms with Crippen molar-refractivity contribution in [2.75, 3.05) is 14.2 Å². The second kappa shape index (κ2) is 7.23. The number of ether oxygens (including phenoxy) is 2. The lowest BCUT2D eigenvalue weighted by molar-refractivity contribution is 0.0601. The van der Waals surface area contributed by atoms with Gasteiger partial charge in [-0.3, -0.25) is 9.78 Å². The summed E-state index contributed by atoms with van der Waals surface area (Å²) < 4.78 is 11.7. The third kappa shape index (κ3) is 3.18. The van der Waals surface area contributed by atoms with E-state index in [0.717, 1.165) is 11.3 Å². The van der Waals surface area contributed by atoms with Crippen LogP contribution in [-0.2, 0) is 4.74 Å². The number of rotatable bonds is 4. The number of nitrogens with zero attached hydrogens (tertiary/aromatic N) is 2. The van der Waals surface area contributed by atoms with Crippen LogP contribution in [0.3, 0.4) is 0 Å². The van der Waals surface area contributed by atoms with Crippen molar-refractivity contribution in [2.24, 2.45) is 0 Å². The van der Waals surface area contributed by atoms with Crippen LogP contribution in [0.1, 0.15) is 40.3 Å². The number of aromatic nitrogens is 2. The van der Waals surface area contributed by atoms with Gasteiger partial charge in [-0.15, -0.1) is 0 Å². The number of methoxy groups -OCH3 is 2. The predicted molar refractivity (Wildman–Crippen MR) is 104 cm³/mol. The van der Waals surface area contributed by atoms with Crippen LogP contribution in [0.4, 0.5) is 0 Å². The Hall–Kier alpha value is -3.15. The van der Waals surface area contributed by atoms with Gasteiger partial charge in [0.05, 0.1) is 42.6 Å². The first-order valence-corrected chi connectivity index (χ1v) is 8.63. The van der Waals surface area contributed by atoms with Crippen LogP contribution in [-0.4, -0.2) is 29.7 Å². The van der Waals surface area contributed by atoms with E-state index in [1.807, 2.05) is 31.2 Å². The van der Waals surface area contributed by atoms with E-state index >= 15 is 0 Å². The second-order valence-corrected chi connectivity index (χ2v) is 6.42. The summed E-state index contributed by atoms with van der Waals surface area (Å²) in [7, 11) is 2.93. The third-order valence-electron chi connectivity index (χ3n) is 4.85. The Labute approximate surface area is 157 Å². The van der Waals surface area contributed by atoms with Crippen molar-refractivity contribution in [1.82, 2.24) is 9.55 Å². The highest BCUT2D eigenvalue weighted by Gasteiger charge is 2.20. The highest BCUT2D eigenvalue weighted by molar-refractivity contribution is 6.05. The summed E-state index contributed by atoms with van der Waals surface area (Å²) in [5, 5.41) is 0.999. The van der Waals surface area contributed by atoms with E-state index in [4.69, 9.17) is 9.47 Å². The number of pyridine rings is 2. The molecule has 6 heteroatoms. The maximum atomic E-state index is 13.2. The van der Waals surface area contributed by atoms with Crippen molar-refractivity contribution in [3.63, 3.8) is 0 Å². The van der Waals surface area contributed by atoms with Crippen molar-refractivity contribution in [2.45, 2.75) is 26.8 Å². The molecule has 0 saturated heterocycles. The quantitative estimate of drug-likeness (QED) is 0.662. The van der Waals surface area contributed by atoms with E-state index < -0.39 is 5.97 Å². The Morgan fingerprint density at radius 1 is 1.07 bits per heavy atom. The molecule has 6 nitrogen and oxygen atoms in total. The van der Waals surface area contributed by atoms with Gasteiger partial charge in [-0.2, -0.15) is 0 Å². The number of aryl methyl sites for hydroxylation is 2. The van der Waals surface area contributed by atoms with Crippen LogP contribution in [0.2, 0.25) is 0 Å². The molecule has 2 aromatic heterocycles. The smallest absolute Gasteiger partial charge is 0.340 e. The number of esters is 1. The molecule has 2 heterocycles. The maximum absolute atomic E-state index is 13.2. The zero-order chi connectivity index (χ0) is 19.7. The van der Waals surface area contributed by atoms with E-state index in [9.17, 15) is 9.59 Å². The normalized spacial score (nSPS) is 12.0. The minimum Gasteiger partial charge on any atom is -0.497 e. The summed E-state index contributed by atoms with van der Waals surface area (Å²) in [6, 6.07) is 9.19. The molecular formula is C21H22N2O4. The van der Waals surface area contributed by atoms with Crippen LogP contribution >= 0.6 is 0 Å². The largest absolute Gasteiger partial charge is 0.497 e. The molecule has 0 bridgehead atoms. The third-order valence-corrected chi connectivity index (χ3v) is 4.85. The number of fused-ring (bicyclic) bond motifs is 1. The van der Waals surface area contributed by atoms with Crippen LogP contribution in [0.25, 0.3) is 10.8 Å². The van der Waals surface area contributed by atoms with Gasteiger partial charge in [0.2, 0.25) is 0 Å². The first-order valence-electron chi connectivity index (χ1n) is 8.63. The fourth-order valence-electron chi connectivity index (χ4n) is 3.37. The van der Waals surface area contributed by atoms with Crippen molar-refractivity contribution >= 4 is 16.7 Å². The van der Waals surface area contributed by atoms with Crippen molar-refractivity contribution < 1.29 is 14.3 Å². The number of hydrogen-bond acceptors (Lipinski definition) is 5. The summed E-state index contributed by atoms with van der Waals surface area (Å²) in [6.45, 7) is 5.47. The summed E-state index contributed by atoms with van der Waals surface area (Å²) in [4.78, 5) is 29.8. The van der Waals surface area contributed by atoms with Gasteiger partial charge in [-0.05, 0) is 44.5 Å². The van der Waals surface area contributed by atoms with Gasteiger partial charge in [-0.25, -0.2) is 4.79 Å². The van der Waals surface area contributed by atoms with Crippen molar-refractivity contribution in [3.05, 3.63) is 69.4 Å². The zero-order valence-electron chi connectivity index (χ0n) is 16.1. The SMILES string of the molecule is COC(=O)c1c(C)nc(C)c2c(=O)n(C(C)c3ccc(OC)cc3)ccc12. The second-order valence-electron chi connectivity index (χ2n) is 6.42. The zero-order valence-corrected chi connectivity index (χ0v) is 16.1. The number of hydrogen-bond donors (Lipinski definition) is 0. The molecule has 27 heavy (non-hydrogen) atoms. The predicted octanol–water partition coefficient (Wildman–Crippen LogP) is 3.42. The van der Waals surface area contributed by atoms with Gasteiger partial charge in [0.25, 0.3) is 5.56 Å². The van der Waals surface area contributed by atoms with Gasteiger partial charge in [0.15, 0.2) is 0 Å². The van der Waals surface area contributed by atoms with Gasteiger partial charge in [-0.1, -0.05) is 12.1 Å². The Kier molecular flexibility index (Phi) is 4.99. The average Bonchev–Trinajstić information content (AvgIpc) is 2.67. The van der Waals surface area contributed by atoms with E-state index in [1.165, 1.54) is 7.11 Å². The average molecular weight is 366 g/mol. The summed E-state index contributed by atoms with van der Waals surface area (Å²) in [5.41, 5.74) is 2.26. The molecule has 0 saturated carbocycles. The molecule has 0 aliphatic carbocycles. The molecule has 0 amide bonds. The van der Waals surface area contributed by atoms with E-state index in [0.29, 0.717) is 27.7 Å². The highest BCUT2D eigenvalue weighted by Crippen LogP contribution is 2.24. The lowest BCUT2D eigenvalue weighted by atomic mass is 10.0. The molecule has 0 aliphatic rings. The lowest BCUT2D eigenvalue weighted by Crippen LogP contribution is -2.25. The van der Waals surface area contributed by atoms with Crippen molar-refractivity contribution in [1.29, 1.82) is 0 Å². The summed E-state index contributed by atoms with van der Waals surface area (Å²) in [6.07, 6.45) is 1.71. The van der Waals surface area contributed by atoms with E-state index in [1.54, 1.807) is 37.8 Å². The Morgan fingerprint density at radius 2 is 1.74 bits per heavy atom. The highest BCUT2D eigenvalue weighted by atomic mass is 16.5. The maximum Gasteiger partial charge on any atom is 0.340 e. The molecule has 140 valence electrons. The van der Waals surface area contributed by atoms with Crippen LogP contribution in [0.5, 0.6) is 5.75 Å². The minimum absolute atomic E-state index is 0.185. The molecule has 0 N–H and O–H groups in total. The molecule has 3 rings (SSSR count). The fourth-order valence-corrected chi connectivity index (χ4v) is 3.37. The number of carbonyl (C=O) groups is 1. The van der Waals surface area contributed by atoms with Crippen LogP contribution in [0, 0.1) is 13.8 Å². The molecule has 1 aromatic carbocycles. The first-order chi connectivity index (χ1) is 12.9. The lowest BCUT2D eigenvalue weighted by Gasteiger charge is -2.18. The van der Waals surface area contributed by atoms with Crippen LogP contribution < -0.4 is 10.3 Å².